The average molecular weight is 798 g/mol. The van der Waals surface area contributed by atoms with Gasteiger partial charge < -0.3 is 9.32 Å². The number of rotatable bonds is 7. The molecule has 4 nitrogen and oxygen atoms in total. The number of furan rings is 1. The summed E-state index contributed by atoms with van der Waals surface area (Å²) in [5.74, 6) is 0.681. The number of para-hydroxylation sites is 1. The highest BCUT2D eigenvalue weighted by Crippen LogP contribution is 2.49. The Morgan fingerprint density at radius 2 is 1.08 bits per heavy atom. The van der Waals surface area contributed by atoms with Crippen molar-refractivity contribution in [1.29, 1.82) is 0 Å². The van der Waals surface area contributed by atoms with Gasteiger partial charge in [-0.1, -0.05) is 146 Å². The molecule has 3 aromatic heterocycles. The molecule has 0 saturated carbocycles. The minimum atomic E-state index is 0.681. The summed E-state index contributed by atoms with van der Waals surface area (Å²) in [4.78, 5) is 12.6. The van der Waals surface area contributed by atoms with Crippen LogP contribution in [-0.4, -0.2) is 9.97 Å². The molecule has 0 aliphatic heterocycles. The van der Waals surface area contributed by atoms with Gasteiger partial charge in [-0.3, -0.25) is 0 Å². The van der Waals surface area contributed by atoms with Gasteiger partial charge in [0.15, 0.2) is 5.82 Å². The third kappa shape index (κ3) is 6.05. The first-order chi connectivity index (χ1) is 30.2. The zero-order valence-corrected chi connectivity index (χ0v) is 33.7. The largest absolute Gasteiger partial charge is 0.456 e. The van der Waals surface area contributed by atoms with Crippen LogP contribution in [0, 0.1) is 0 Å². The van der Waals surface area contributed by atoms with E-state index in [0.717, 1.165) is 83.4 Å². The van der Waals surface area contributed by atoms with Crippen molar-refractivity contribution in [3.8, 4) is 44.9 Å². The second-order valence-corrected chi connectivity index (χ2v) is 16.4. The summed E-state index contributed by atoms with van der Waals surface area (Å²) < 4.78 is 9.23. The van der Waals surface area contributed by atoms with Gasteiger partial charge >= 0.3 is 0 Å². The minimum Gasteiger partial charge on any atom is -0.456 e. The van der Waals surface area contributed by atoms with E-state index in [0.29, 0.717) is 5.82 Å². The molecule has 3 heterocycles. The molecule has 286 valence electrons. The van der Waals surface area contributed by atoms with E-state index in [1.54, 1.807) is 0 Å². The van der Waals surface area contributed by atoms with Crippen LogP contribution in [0.15, 0.2) is 217 Å². The predicted molar refractivity (Wildman–Crippen MR) is 256 cm³/mol. The van der Waals surface area contributed by atoms with Crippen molar-refractivity contribution in [1.82, 2.24) is 9.97 Å². The van der Waals surface area contributed by atoms with E-state index < -0.39 is 0 Å². The first kappa shape index (κ1) is 35.1. The summed E-state index contributed by atoms with van der Waals surface area (Å²) in [6.07, 6.45) is 0. The highest BCUT2D eigenvalue weighted by molar-refractivity contribution is 7.26. The lowest BCUT2D eigenvalue weighted by atomic mass is 9.96. The molecule has 0 N–H and O–H groups in total. The number of nitrogens with zero attached hydrogens (tertiary/aromatic N) is 3. The highest BCUT2D eigenvalue weighted by atomic mass is 32.1. The second-order valence-electron chi connectivity index (χ2n) is 15.3. The van der Waals surface area contributed by atoms with Crippen LogP contribution in [0.3, 0.4) is 0 Å². The third-order valence-electron chi connectivity index (χ3n) is 11.7. The van der Waals surface area contributed by atoms with Crippen LogP contribution in [-0.2, 0) is 0 Å². The van der Waals surface area contributed by atoms with Gasteiger partial charge in [-0.25, -0.2) is 9.97 Å². The lowest BCUT2D eigenvalue weighted by Gasteiger charge is -2.29. The lowest BCUT2D eigenvalue weighted by molar-refractivity contribution is 0.669. The quantitative estimate of drug-likeness (QED) is 0.161. The number of hydrogen-bond donors (Lipinski definition) is 0. The summed E-state index contributed by atoms with van der Waals surface area (Å²) in [7, 11) is 0. The van der Waals surface area contributed by atoms with Crippen molar-refractivity contribution < 1.29 is 4.42 Å². The smallest absolute Gasteiger partial charge is 0.160 e. The van der Waals surface area contributed by atoms with Crippen LogP contribution in [0.1, 0.15) is 0 Å². The van der Waals surface area contributed by atoms with Gasteiger partial charge in [-0.15, -0.1) is 11.3 Å². The molecular weight excluding hydrogens is 763 g/mol. The lowest BCUT2D eigenvalue weighted by Crippen LogP contribution is -2.11. The van der Waals surface area contributed by atoms with Crippen LogP contribution < -0.4 is 4.90 Å². The zero-order valence-electron chi connectivity index (χ0n) is 32.9. The van der Waals surface area contributed by atoms with Crippen LogP contribution in [0.25, 0.3) is 97.9 Å². The number of thiophene rings is 1. The van der Waals surface area contributed by atoms with Crippen molar-refractivity contribution in [3.05, 3.63) is 212 Å². The van der Waals surface area contributed by atoms with E-state index in [2.05, 4.69) is 199 Å². The molecule has 0 bridgehead atoms. The molecule has 0 atom stereocenters. The number of anilines is 3. The normalized spacial score (nSPS) is 11.6. The second kappa shape index (κ2) is 14.5. The van der Waals surface area contributed by atoms with E-state index in [9.17, 15) is 0 Å². The van der Waals surface area contributed by atoms with Gasteiger partial charge in [0.25, 0.3) is 0 Å². The fourth-order valence-electron chi connectivity index (χ4n) is 8.77. The first-order valence-corrected chi connectivity index (χ1v) is 21.3. The molecule has 5 heteroatoms. The number of fused-ring (bicyclic) bond motifs is 7. The summed E-state index contributed by atoms with van der Waals surface area (Å²) in [5, 5.41) is 5.59. The standard InChI is InChI=1S/C56H35N3OS/c1-4-15-36(16-5-1)39-27-31-49(46(33-39)37-17-6-2-7-18-37)59(50-25-14-23-44-43-21-11-13-26-53(43)61-55(44)50)41-29-30-42-47-34-40(28-32-51(47)60-52(42)35-41)56-57-48-24-12-10-22-45(48)54(58-56)38-19-8-3-9-20-38/h1-35H. The van der Waals surface area contributed by atoms with E-state index in [-0.39, 0.29) is 0 Å². The molecule has 0 aliphatic carbocycles. The maximum atomic E-state index is 6.73. The average Bonchev–Trinajstić information content (AvgIpc) is 3.90. The third-order valence-corrected chi connectivity index (χ3v) is 12.9. The van der Waals surface area contributed by atoms with Crippen LogP contribution >= 0.6 is 11.3 Å². The van der Waals surface area contributed by atoms with Crippen molar-refractivity contribution in [2.75, 3.05) is 4.90 Å². The molecule has 0 aliphatic rings. The summed E-state index contributed by atoms with van der Waals surface area (Å²) >= 11 is 1.84. The molecule has 0 spiro atoms. The van der Waals surface area contributed by atoms with Crippen LogP contribution in [0.2, 0.25) is 0 Å². The van der Waals surface area contributed by atoms with Gasteiger partial charge in [0.2, 0.25) is 0 Å². The fourth-order valence-corrected chi connectivity index (χ4v) is 9.98. The van der Waals surface area contributed by atoms with Crippen molar-refractivity contribution in [3.63, 3.8) is 0 Å². The molecule has 9 aromatic carbocycles. The molecular formula is C56H35N3OS. The van der Waals surface area contributed by atoms with Crippen LogP contribution in [0.4, 0.5) is 17.1 Å². The zero-order chi connectivity index (χ0) is 40.3. The monoisotopic (exact) mass is 797 g/mol. The van der Waals surface area contributed by atoms with Crippen molar-refractivity contribution >= 4 is 81.4 Å². The van der Waals surface area contributed by atoms with E-state index in [1.807, 2.05) is 29.5 Å². The summed E-state index contributed by atoms with van der Waals surface area (Å²) in [5.41, 5.74) is 13.3. The molecule has 12 rings (SSSR count). The van der Waals surface area contributed by atoms with Crippen molar-refractivity contribution in [2.24, 2.45) is 0 Å². The molecule has 0 amide bonds. The Balaban J connectivity index is 1.05. The SMILES string of the molecule is c1ccc(-c2ccc(N(c3ccc4c(c3)oc3ccc(-c5nc(-c6ccccc6)c6ccccc6n5)cc34)c3cccc4c3sc3ccccc34)c(-c3ccccc3)c2)cc1. The van der Waals surface area contributed by atoms with Gasteiger partial charge in [0.05, 0.1) is 27.3 Å². The molecule has 0 radical (unpaired) electrons. The topological polar surface area (TPSA) is 42.2 Å². The molecule has 0 unspecified atom stereocenters. The molecule has 61 heavy (non-hydrogen) atoms. The van der Waals surface area contributed by atoms with Crippen LogP contribution in [0.5, 0.6) is 0 Å². The molecule has 0 saturated heterocycles. The molecule has 12 aromatic rings. The van der Waals surface area contributed by atoms with Gasteiger partial charge in [-0.2, -0.15) is 0 Å². The summed E-state index contributed by atoms with van der Waals surface area (Å²) in [6.45, 7) is 0. The minimum absolute atomic E-state index is 0.681. The fraction of sp³-hybridized carbons (Fsp3) is 0. The Labute approximate surface area is 356 Å². The summed E-state index contributed by atoms with van der Waals surface area (Å²) in [6, 6.07) is 75.1. The number of aromatic nitrogens is 2. The Bertz CT molecular complexity index is 3600. The maximum absolute atomic E-state index is 6.73. The Kier molecular flexibility index (Phi) is 8.32. The maximum Gasteiger partial charge on any atom is 0.160 e. The Hall–Kier alpha value is -7.86. The predicted octanol–water partition coefficient (Wildman–Crippen LogP) is 16.0. The number of hydrogen-bond acceptors (Lipinski definition) is 5. The molecule has 0 fully saturated rings. The first-order valence-electron chi connectivity index (χ1n) is 20.5. The van der Waals surface area contributed by atoms with Crippen molar-refractivity contribution in [2.45, 2.75) is 0 Å². The van der Waals surface area contributed by atoms with Gasteiger partial charge in [0.1, 0.15) is 11.2 Å². The van der Waals surface area contributed by atoms with E-state index >= 15 is 0 Å². The van der Waals surface area contributed by atoms with E-state index in [4.69, 9.17) is 14.4 Å². The van der Waals surface area contributed by atoms with E-state index in [1.165, 1.54) is 25.7 Å². The number of benzene rings is 9. The van der Waals surface area contributed by atoms with Gasteiger partial charge in [0, 0.05) is 60.1 Å². The Morgan fingerprint density at radius 3 is 1.90 bits per heavy atom. The Morgan fingerprint density at radius 1 is 0.393 bits per heavy atom. The van der Waals surface area contributed by atoms with Gasteiger partial charge in [-0.05, 0) is 77.4 Å². The highest BCUT2D eigenvalue weighted by Gasteiger charge is 2.23.